The summed E-state index contributed by atoms with van der Waals surface area (Å²) < 4.78 is 0. The van der Waals surface area contributed by atoms with Gasteiger partial charge >= 0.3 is 0 Å². The van der Waals surface area contributed by atoms with Crippen molar-refractivity contribution in [1.82, 2.24) is 10.3 Å². The number of rotatable bonds is 6. The summed E-state index contributed by atoms with van der Waals surface area (Å²) in [5.74, 6) is 1.14. The predicted molar refractivity (Wildman–Crippen MR) is 81.6 cm³/mol. The van der Waals surface area contributed by atoms with Gasteiger partial charge in [0.2, 0.25) is 0 Å². The Hall–Kier alpha value is -1.35. The van der Waals surface area contributed by atoms with Gasteiger partial charge in [-0.2, -0.15) is 0 Å². The lowest BCUT2D eigenvalue weighted by molar-refractivity contribution is 0.720. The Morgan fingerprint density at radius 2 is 2.16 bits per heavy atom. The van der Waals surface area contributed by atoms with Crippen LogP contribution in [0.1, 0.15) is 37.9 Å². The number of hydrogen-bond donors (Lipinski definition) is 1. The van der Waals surface area contributed by atoms with Crippen molar-refractivity contribution in [3.05, 3.63) is 35.5 Å². The van der Waals surface area contributed by atoms with E-state index in [0.717, 1.165) is 51.3 Å². The quantitative estimate of drug-likeness (QED) is 0.796. The van der Waals surface area contributed by atoms with Crippen molar-refractivity contribution >= 4 is 5.82 Å². The van der Waals surface area contributed by atoms with E-state index in [9.17, 15) is 0 Å². The van der Waals surface area contributed by atoms with E-state index in [1.54, 1.807) is 0 Å². The lowest BCUT2D eigenvalue weighted by atomic mass is 10.1. The molecule has 3 nitrogen and oxygen atoms in total. The standard InChI is InChI=1S/C16H25N3/c1-3-8-15-11-14(13-17-4-2)12-16(18-15)19-9-6-5-7-10-19/h5-6,11-12,17H,3-4,7-10,13H2,1-2H3. The summed E-state index contributed by atoms with van der Waals surface area (Å²) in [6, 6.07) is 4.48. The van der Waals surface area contributed by atoms with Gasteiger partial charge in [-0.25, -0.2) is 4.98 Å². The largest absolute Gasteiger partial charge is 0.353 e. The molecule has 2 rings (SSSR count). The Balaban J connectivity index is 2.19. The fraction of sp³-hybridized carbons (Fsp3) is 0.562. The van der Waals surface area contributed by atoms with Gasteiger partial charge in [-0.1, -0.05) is 32.4 Å². The molecule has 1 aromatic heterocycles. The summed E-state index contributed by atoms with van der Waals surface area (Å²) >= 11 is 0. The minimum Gasteiger partial charge on any atom is -0.353 e. The first kappa shape index (κ1) is 14.1. The maximum atomic E-state index is 4.82. The van der Waals surface area contributed by atoms with Crippen LogP contribution in [0, 0.1) is 0 Å². The Labute approximate surface area is 116 Å². The van der Waals surface area contributed by atoms with E-state index < -0.39 is 0 Å². The fourth-order valence-electron chi connectivity index (χ4n) is 2.40. The van der Waals surface area contributed by atoms with E-state index in [1.165, 1.54) is 11.3 Å². The lowest BCUT2D eigenvalue weighted by Crippen LogP contribution is -2.28. The van der Waals surface area contributed by atoms with Crippen LogP contribution in [0.25, 0.3) is 0 Å². The van der Waals surface area contributed by atoms with Crippen molar-refractivity contribution in [2.24, 2.45) is 0 Å². The van der Waals surface area contributed by atoms with Crippen LogP contribution < -0.4 is 10.2 Å². The van der Waals surface area contributed by atoms with Crippen LogP contribution >= 0.6 is 0 Å². The molecule has 0 fully saturated rings. The normalized spacial score (nSPS) is 14.9. The summed E-state index contributed by atoms with van der Waals surface area (Å²) in [4.78, 5) is 7.19. The highest BCUT2D eigenvalue weighted by molar-refractivity contribution is 5.44. The summed E-state index contributed by atoms with van der Waals surface area (Å²) in [7, 11) is 0. The highest BCUT2D eigenvalue weighted by Gasteiger charge is 2.11. The van der Waals surface area contributed by atoms with Gasteiger partial charge in [0.25, 0.3) is 0 Å². The van der Waals surface area contributed by atoms with Crippen LogP contribution in [0.15, 0.2) is 24.3 Å². The third-order valence-electron chi connectivity index (χ3n) is 3.39. The molecule has 0 aromatic carbocycles. The predicted octanol–water partition coefficient (Wildman–Crippen LogP) is 2.91. The Kier molecular flexibility index (Phi) is 5.40. The van der Waals surface area contributed by atoms with Crippen LogP contribution in [0.5, 0.6) is 0 Å². The van der Waals surface area contributed by atoms with Crippen molar-refractivity contribution in [3.8, 4) is 0 Å². The summed E-state index contributed by atoms with van der Waals surface area (Å²) in [6.07, 6.45) is 7.84. The maximum Gasteiger partial charge on any atom is 0.129 e. The van der Waals surface area contributed by atoms with E-state index in [4.69, 9.17) is 4.98 Å². The van der Waals surface area contributed by atoms with Crippen LogP contribution in [0.3, 0.4) is 0 Å². The van der Waals surface area contributed by atoms with Gasteiger partial charge in [0, 0.05) is 25.3 Å². The molecule has 3 heteroatoms. The second-order valence-electron chi connectivity index (χ2n) is 5.06. The first-order valence-electron chi connectivity index (χ1n) is 7.44. The SMILES string of the molecule is CCCc1cc(CNCC)cc(N2CC=CCC2)n1. The molecule has 19 heavy (non-hydrogen) atoms. The number of nitrogens with one attached hydrogen (secondary N) is 1. The smallest absolute Gasteiger partial charge is 0.129 e. The molecule has 0 unspecified atom stereocenters. The zero-order valence-electron chi connectivity index (χ0n) is 12.2. The molecule has 0 saturated heterocycles. The number of hydrogen-bond acceptors (Lipinski definition) is 3. The number of anilines is 1. The second-order valence-corrected chi connectivity index (χ2v) is 5.06. The van der Waals surface area contributed by atoms with Crippen molar-refractivity contribution < 1.29 is 0 Å². The van der Waals surface area contributed by atoms with E-state index in [1.807, 2.05) is 0 Å². The number of aryl methyl sites for hydroxylation is 1. The van der Waals surface area contributed by atoms with Crippen LogP contribution in [-0.2, 0) is 13.0 Å². The van der Waals surface area contributed by atoms with Crippen molar-refractivity contribution in [3.63, 3.8) is 0 Å². The molecule has 1 aliphatic rings. The van der Waals surface area contributed by atoms with Crippen LogP contribution in [-0.4, -0.2) is 24.6 Å². The van der Waals surface area contributed by atoms with Gasteiger partial charge in [0.1, 0.15) is 5.82 Å². The molecule has 1 aromatic rings. The van der Waals surface area contributed by atoms with Gasteiger partial charge in [-0.15, -0.1) is 0 Å². The molecule has 1 aliphatic heterocycles. The molecule has 1 N–H and O–H groups in total. The minimum absolute atomic E-state index is 0.937. The monoisotopic (exact) mass is 259 g/mol. The summed E-state index contributed by atoms with van der Waals surface area (Å²) in [5.41, 5.74) is 2.58. The Morgan fingerprint density at radius 3 is 2.84 bits per heavy atom. The van der Waals surface area contributed by atoms with Gasteiger partial charge in [0.15, 0.2) is 0 Å². The molecule has 0 radical (unpaired) electrons. The average molecular weight is 259 g/mol. The molecule has 0 atom stereocenters. The van der Waals surface area contributed by atoms with E-state index in [-0.39, 0.29) is 0 Å². The third-order valence-corrected chi connectivity index (χ3v) is 3.39. The van der Waals surface area contributed by atoms with Gasteiger partial charge in [-0.05, 0) is 37.1 Å². The van der Waals surface area contributed by atoms with Crippen molar-refractivity contribution in [2.75, 3.05) is 24.5 Å². The second kappa shape index (κ2) is 7.29. The fourth-order valence-corrected chi connectivity index (χ4v) is 2.40. The number of pyridine rings is 1. The molecule has 104 valence electrons. The minimum atomic E-state index is 0.937. The Morgan fingerprint density at radius 1 is 1.26 bits per heavy atom. The van der Waals surface area contributed by atoms with E-state index in [2.05, 4.69) is 48.3 Å². The molecule has 0 bridgehead atoms. The third kappa shape index (κ3) is 4.06. The lowest BCUT2D eigenvalue weighted by Gasteiger charge is -2.25. The van der Waals surface area contributed by atoms with Crippen molar-refractivity contribution in [1.29, 1.82) is 0 Å². The highest BCUT2D eigenvalue weighted by Crippen LogP contribution is 2.18. The van der Waals surface area contributed by atoms with Crippen molar-refractivity contribution in [2.45, 2.75) is 39.7 Å². The molecule has 2 heterocycles. The summed E-state index contributed by atoms with van der Waals surface area (Å²) in [6.45, 7) is 8.37. The molecule has 0 spiro atoms. The average Bonchev–Trinajstić information content (AvgIpc) is 2.46. The Bertz CT molecular complexity index is 426. The maximum absolute atomic E-state index is 4.82. The van der Waals surface area contributed by atoms with E-state index in [0.29, 0.717) is 0 Å². The molecule has 0 amide bonds. The number of nitrogens with zero attached hydrogens (tertiary/aromatic N) is 2. The van der Waals surface area contributed by atoms with E-state index >= 15 is 0 Å². The number of aromatic nitrogens is 1. The van der Waals surface area contributed by atoms with Gasteiger partial charge in [0.05, 0.1) is 0 Å². The molecule has 0 saturated carbocycles. The zero-order chi connectivity index (χ0) is 13.5. The summed E-state index contributed by atoms with van der Waals surface area (Å²) in [5, 5.41) is 3.40. The first-order chi connectivity index (χ1) is 9.33. The first-order valence-corrected chi connectivity index (χ1v) is 7.44. The molecular formula is C16H25N3. The topological polar surface area (TPSA) is 28.2 Å². The molecular weight excluding hydrogens is 234 g/mol. The molecule has 0 aliphatic carbocycles. The van der Waals surface area contributed by atoms with Crippen LogP contribution in [0.2, 0.25) is 0 Å². The zero-order valence-corrected chi connectivity index (χ0v) is 12.2. The van der Waals surface area contributed by atoms with Gasteiger partial charge in [-0.3, -0.25) is 0 Å². The van der Waals surface area contributed by atoms with Gasteiger partial charge < -0.3 is 10.2 Å². The van der Waals surface area contributed by atoms with Crippen LogP contribution in [0.4, 0.5) is 5.82 Å². The highest BCUT2D eigenvalue weighted by atomic mass is 15.2.